The van der Waals surface area contributed by atoms with E-state index in [-0.39, 0.29) is 6.61 Å². The smallest absolute Gasteiger partial charge is 0.213 e. The van der Waals surface area contributed by atoms with Gasteiger partial charge in [-0.15, -0.1) is 4.40 Å². The fraction of sp³-hybridized carbons (Fsp3) is 0.500. The molecule has 1 saturated heterocycles. The monoisotopic (exact) mass is 342 g/mol. The maximum atomic E-state index is 12.3. The Morgan fingerprint density at radius 1 is 1.32 bits per heavy atom. The Kier molecular flexibility index (Phi) is 4.97. The Morgan fingerprint density at radius 3 is 2.82 bits per heavy atom. The maximum Gasteiger partial charge on any atom is 0.213 e. The molecule has 0 bridgehead atoms. The van der Waals surface area contributed by atoms with E-state index in [2.05, 4.69) is 19.5 Å². The molecule has 3 rings (SSSR count). The van der Waals surface area contributed by atoms with Crippen molar-refractivity contribution in [3.63, 3.8) is 0 Å². The fourth-order valence-corrected chi connectivity index (χ4v) is 3.82. The highest BCUT2D eigenvalue weighted by Gasteiger charge is 2.25. The first kappa shape index (κ1) is 15.7. The summed E-state index contributed by atoms with van der Waals surface area (Å²) in [5.74, 6) is 0.662. The van der Waals surface area contributed by atoms with Crippen LogP contribution in [-0.2, 0) is 11.0 Å². The van der Waals surface area contributed by atoms with E-state index in [4.69, 9.17) is 16.7 Å². The molecule has 1 atom stereocenters. The Balaban J connectivity index is 1.65. The third kappa shape index (κ3) is 3.43. The number of guanidine groups is 1. The Labute approximate surface area is 137 Å². The molecule has 0 radical (unpaired) electrons. The third-order valence-corrected chi connectivity index (χ3v) is 5.14. The van der Waals surface area contributed by atoms with Crippen LogP contribution in [0.25, 0.3) is 0 Å². The number of hydrogen-bond donors (Lipinski definition) is 2. The number of aliphatic hydroxyl groups is 1. The Hall–Kier alpha value is -1.15. The number of rotatable bonds is 3. The zero-order valence-electron chi connectivity index (χ0n) is 12.2. The summed E-state index contributed by atoms with van der Waals surface area (Å²) in [4.78, 5) is 5.06. The zero-order chi connectivity index (χ0) is 15.5. The van der Waals surface area contributed by atoms with Gasteiger partial charge in [-0.1, -0.05) is 11.6 Å². The number of nitrogens with zero attached hydrogens (tertiary/aromatic N) is 3. The molecule has 1 aromatic carbocycles. The molecule has 0 spiro atoms. The number of halogens is 1. The lowest BCUT2D eigenvalue weighted by Crippen LogP contribution is -2.51. The molecule has 120 valence electrons. The molecule has 6 nitrogen and oxygen atoms in total. The average Bonchev–Trinajstić information content (AvgIpc) is 2.54. The van der Waals surface area contributed by atoms with Gasteiger partial charge in [-0.25, -0.2) is 4.21 Å². The molecule has 22 heavy (non-hydrogen) atoms. The minimum atomic E-state index is -1.42. The van der Waals surface area contributed by atoms with Gasteiger partial charge < -0.3 is 15.3 Å². The SMILES string of the molecule is O=S1N=C(N2CCN(CCCO)CC2)Nc2ccc(Cl)cc21. The Bertz CT molecular complexity index is 603. The van der Waals surface area contributed by atoms with E-state index < -0.39 is 11.0 Å². The quantitative estimate of drug-likeness (QED) is 0.862. The van der Waals surface area contributed by atoms with Crippen LogP contribution in [0.2, 0.25) is 5.02 Å². The summed E-state index contributed by atoms with van der Waals surface area (Å²) in [6, 6.07) is 5.30. The summed E-state index contributed by atoms with van der Waals surface area (Å²) in [7, 11) is -1.42. The molecule has 0 aromatic heterocycles. The van der Waals surface area contributed by atoms with Crippen molar-refractivity contribution in [3.8, 4) is 0 Å². The van der Waals surface area contributed by atoms with E-state index in [1.807, 2.05) is 6.07 Å². The summed E-state index contributed by atoms with van der Waals surface area (Å²) in [6.07, 6.45) is 0.803. The first-order chi connectivity index (χ1) is 10.7. The van der Waals surface area contributed by atoms with Gasteiger partial charge in [-0.3, -0.25) is 4.90 Å². The lowest BCUT2D eigenvalue weighted by Gasteiger charge is -2.37. The predicted octanol–water partition coefficient (Wildman–Crippen LogP) is 1.14. The van der Waals surface area contributed by atoms with E-state index in [9.17, 15) is 4.21 Å². The number of anilines is 1. The molecule has 1 unspecified atom stereocenters. The molecule has 2 heterocycles. The van der Waals surface area contributed by atoms with Crippen molar-refractivity contribution in [3.05, 3.63) is 23.2 Å². The summed E-state index contributed by atoms with van der Waals surface area (Å²) >= 11 is 5.94. The molecular weight excluding hydrogens is 324 g/mol. The van der Waals surface area contributed by atoms with Crippen molar-refractivity contribution >= 4 is 34.2 Å². The number of fused-ring (bicyclic) bond motifs is 1. The van der Waals surface area contributed by atoms with E-state index in [1.165, 1.54) is 0 Å². The van der Waals surface area contributed by atoms with Crippen molar-refractivity contribution in [2.75, 3.05) is 44.6 Å². The molecule has 0 saturated carbocycles. The summed E-state index contributed by atoms with van der Waals surface area (Å²) in [5.41, 5.74) is 0.801. The van der Waals surface area contributed by atoms with Crippen molar-refractivity contribution in [1.29, 1.82) is 0 Å². The number of piperazine rings is 1. The molecule has 1 aromatic rings. The fourth-order valence-electron chi connectivity index (χ4n) is 2.63. The lowest BCUT2D eigenvalue weighted by atomic mass is 10.3. The highest BCUT2D eigenvalue weighted by atomic mass is 35.5. The van der Waals surface area contributed by atoms with E-state index in [1.54, 1.807) is 12.1 Å². The second-order valence-corrected chi connectivity index (χ2v) is 6.89. The highest BCUT2D eigenvalue weighted by Crippen LogP contribution is 2.28. The van der Waals surface area contributed by atoms with E-state index in [0.29, 0.717) is 15.9 Å². The minimum Gasteiger partial charge on any atom is -0.396 e. The van der Waals surface area contributed by atoms with Crippen molar-refractivity contribution in [1.82, 2.24) is 9.80 Å². The van der Waals surface area contributed by atoms with Gasteiger partial charge in [-0.05, 0) is 24.6 Å². The van der Waals surface area contributed by atoms with Crippen LogP contribution >= 0.6 is 11.6 Å². The molecule has 2 N–H and O–H groups in total. The molecule has 0 amide bonds. The summed E-state index contributed by atoms with van der Waals surface area (Å²) in [6.45, 7) is 4.64. The van der Waals surface area contributed by atoms with Crippen LogP contribution in [0.4, 0.5) is 5.69 Å². The van der Waals surface area contributed by atoms with Gasteiger partial charge >= 0.3 is 0 Å². The molecular formula is C14H19ClN4O2S. The van der Waals surface area contributed by atoms with Gasteiger partial charge in [0.05, 0.1) is 10.6 Å². The van der Waals surface area contributed by atoms with Gasteiger partial charge in [-0.2, -0.15) is 0 Å². The molecule has 1 fully saturated rings. The van der Waals surface area contributed by atoms with Gasteiger partial charge in [0.15, 0.2) is 11.0 Å². The molecule has 2 aliphatic rings. The summed E-state index contributed by atoms with van der Waals surface area (Å²) in [5, 5.41) is 12.7. The van der Waals surface area contributed by atoms with Gasteiger partial charge in [0.2, 0.25) is 5.96 Å². The van der Waals surface area contributed by atoms with Gasteiger partial charge in [0.25, 0.3) is 0 Å². The highest BCUT2D eigenvalue weighted by molar-refractivity contribution is 7.84. The summed E-state index contributed by atoms with van der Waals surface area (Å²) < 4.78 is 16.5. The largest absolute Gasteiger partial charge is 0.396 e. The van der Waals surface area contributed by atoms with Crippen LogP contribution in [0, 0.1) is 0 Å². The van der Waals surface area contributed by atoms with Crippen LogP contribution in [0.5, 0.6) is 0 Å². The normalized spacial score (nSPS) is 22.0. The number of nitrogens with one attached hydrogen (secondary N) is 1. The van der Waals surface area contributed by atoms with Gasteiger partial charge in [0, 0.05) is 44.4 Å². The predicted molar refractivity (Wildman–Crippen MR) is 88.6 cm³/mol. The van der Waals surface area contributed by atoms with E-state index >= 15 is 0 Å². The number of benzene rings is 1. The topological polar surface area (TPSA) is 68.2 Å². The first-order valence-electron chi connectivity index (χ1n) is 7.32. The Morgan fingerprint density at radius 2 is 2.09 bits per heavy atom. The van der Waals surface area contributed by atoms with Crippen LogP contribution in [0.15, 0.2) is 27.5 Å². The third-order valence-electron chi connectivity index (χ3n) is 3.85. The van der Waals surface area contributed by atoms with E-state index in [0.717, 1.165) is 44.8 Å². The first-order valence-corrected chi connectivity index (χ1v) is 8.81. The molecule has 8 heteroatoms. The maximum absolute atomic E-state index is 12.3. The van der Waals surface area contributed by atoms with Crippen LogP contribution in [0.3, 0.4) is 0 Å². The van der Waals surface area contributed by atoms with Crippen LogP contribution in [0.1, 0.15) is 6.42 Å². The lowest BCUT2D eigenvalue weighted by molar-refractivity contribution is 0.166. The number of aliphatic hydroxyl groups excluding tert-OH is 1. The number of hydrogen-bond acceptors (Lipinski definition) is 5. The molecule has 2 aliphatic heterocycles. The molecule has 0 aliphatic carbocycles. The second-order valence-electron chi connectivity index (χ2n) is 5.34. The van der Waals surface area contributed by atoms with Crippen LogP contribution in [-0.4, -0.2) is 64.4 Å². The minimum absolute atomic E-state index is 0.229. The van der Waals surface area contributed by atoms with Crippen molar-refractivity contribution in [2.24, 2.45) is 4.40 Å². The van der Waals surface area contributed by atoms with Gasteiger partial charge in [0.1, 0.15) is 0 Å². The van der Waals surface area contributed by atoms with Crippen molar-refractivity contribution in [2.45, 2.75) is 11.3 Å². The zero-order valence-corrected chi connectivity index (χ0v) is 13.7. The second kappa shape index (κ2) is 6.95. The van der Waals surface area contributed by atoms with Crippen molar-refractivity contribution < 1.29 is 9.32 Å². The van der Waals surface area contributed by atoms with Crippen LogP contribution < -0.4 is 5.32 Å². The standard InChI is InChI=1S/C14H19ClN4O2S/c15-11-2-3-12-13(10-11)22(21)17-14(16-12)19-7-5-18(6-8-19)4-1-9-20/h2-3,10,20H,1,4-9H2,(H,16,17). The average molecular weight is 343 g/mol.